The van der Waals surface area contributed by atoms with Crippen LogP contribution in [0.2, 0.25) is 0 Å². The van der Waals surface area contributed by atoms with Crippen molar-refractivity contribution >= 4 is 17.2 Å². The lowest BCUT2D eigenvalue weighted by molar-refractivity contribution is 0.0655. The van der Waals surface area contributed by atoms with E-state index in [0.29, 0.717) is 5.92 Å². The minimum atomic E-state index is 0.0852. The van der Waals surface area contributed by atoms with Gasteiger partial charge in [0.05, 0.1) is 11.2 Å². The number of aryl methyl sites for hydroxylation is 1. The monoisotopic (exact) mass is 240 g/mol. The normalized spacial score (nSPS) is 17.8. The van der Waals surface area contributed by atoms with Gasteiger partial charge in [0, 0.05) is 19.7 Å². The van der Waals surface area contributed by atoms with Crippen LogP contribution in [0.25, 0.3) is 0 Å². The molecular weight excluding hydrogens is 224 g/mol. The summed E-state index contributed by atoms with van der Waals surface area (Å²) in [5.41, 5.74) is 0. The summed E-state index contributed by atoms with van der Waals surface area (Å²) in [5.74, 6) is 0.453. The number of aliphatic hydroxyl groups is 1. The number of hydrogen-bond donors (Lipinski definition) is 1. The fourth-order valence-corrected chi connectivity index (χ4v) is 2.68. The van der Waals surface area contributed by atoms with Crippen LogP contribution in [0.5, 0.6) is 0 Å². The lowest BCUT2D eigenvalue weighted by Gasteiger charge is -2.30. The number of amides is 1. The van der Waals surface area contributed by atoms with E-state index < -0.39 is 0 Å². The Balaban J connectivity index is 1.96. The van der Waals surface area contributed by atoms with Gasteiger partial charge in [-0.2, -0.15) is 0 Å². The molecule has 0 spiro atoms. The van der Waals surface area contributed by atoms with Gasteiger partial charge in [-0.3, -0.25) is 4.79 Å². The topological polar surface area (TPSA) is 53.4 Å². The van der Waals surface area contributed by atoms with Crippen LogP contribution in [-0.2, 0) is 0 Å². The summed E-state index contributed by atoms with van der Waals surface area (Å²) in [5, 5.41) is 9.95. The van der Waals surface area contributed by atoms with Crippen LogP contribution in [0.3, 0.4) is 0 Å². The average molecular weight is 240 g/mol. The van der Waals surface area contributed by atoms with Crippen LogP contribution >= 0.6 is 11.3 Å². The number of rotatable bonds is 2. The summed E-state index contributed by atoms with van der Waals surface area (Å²) < 4.78 is 0. The summed E-state index contributed by atoms with van der Waals surface area (Å²) in [6.07, 6.45) is 3.46. The molecule has 1 aromatic rings. The molecule has 0 atom stereocenters. The average Bonchev–Trinajstić information content (AvgIpc) is 2.75. The molecular formula is C11H16N2O2S. The molecule has 0 unspecified atom stereocenters. The lowest BCUT2D eigenvalue weighted by atomic mass is 9.98. The maximum atomic E-state index is 12.0. The van der Waals surface area contributed by atoms with Crippen molar-refractivity contribution in [2.45, 2.75) is 19.8 Å². The highest BCUT2D eigenvalue weighted by atomic mass is 32.1. The second-order valence-electron chi connectivity index (χ2n) is 4.16. The molecule has 1 amide bonds. The standard InChI is InChI=1S/C11H16N2O2S/c1-8-12-6-10(16-8)11(15)13-4-2-9(7-14)3-5-13/h6,9,14H,2-5,7H2,1H3. The van der Waals surface area contributed by atoms with E-state index >= 15 is 0 Å². The molecule has 2 rings (SSSR count). The van der Waals surface area contributed by atoms with Gasteiger partial charge in [0.25, 0.3) is 5.91 Å². The third-order valence-electron chi connectivity index (χ3n) is 2.99. The third kappa shape index (κ3) is 2.41. The van der Waals surface area contributed by atoms with E-state index in [-0.39, 0.29) is 12.5 Å². The predicted octanol–water partition coefficient (Wildman–Crippen LogP) is 1.30. The maximum absolute atomic E-state index is 12.0. The molecule has 16 heavy (non-hydrogen) atoms. The highest BCUT2D eigenvalue weighted by Gasteiger charge is 2.24. The summed E-state index contributed by atoms with van der Waals surface area (Å²) in [4.78, 5) is 18.7. The molecule has 1 aliphatic heterocycles. The van der Waals surface area contributed by atoms with Gasteiger partial charge in [-0.05, 0) is 25.7 Å². The fourth-order valence-electron chi connectivity index (χ4n) is 1.93. The molecule has 2 heterocycles. The first-order valence-corrected chi connectivity index (χ1v) is 6.35. The van der Waals surface area contributed by atoms with Crippen molar-refractivity contribution in [1.82, 2.24) is 9.88 Å². The smallest absolute Gasteiger partial charge is 0.265 e. The Morgan fingerprint density at radius 3 is 2.81 bits per heavy atom. The van der Waals surface area contributed by atoms with Gasteiger partial charge < -0.3 is 10.0 Å². The zero-order valence-corrected chi connectivity index (χ0v) is 10.2. The molecule has 0 aromatic carbocycles. The Bertz CT molecular complexity index is 370. The van der Waals surface area contributed by atoms with Crippen LogP contribution in [-0.4, -0.2) is 40.6 Å². The number of aromatic nitrogens is 1. The molecule has 88 valence electrons. The zero-order valence-electron chi connectivity index (χ0n) is 9.35. The van der Waals surface area contributed by atoms with Crippen LogP contribution in [0.15, 0.2) is 6.20 Å². The minimum Gasteiger partial charge on any atom is -0.396 e. The largest absolute Gasteiger partial charge is 0.396 e. The molecule has 0 bridgehead atoms. The van der Waals surface area contributed by atoms with E-state index in [1.807, 2.05) is 11.8 Å². The van der Waals surface area contributed by atoms with Gasteiger partial charge in [0.1, 0.15) is 4.88 Å². The molecule has 1 N–H and O–H groups in total. The quantitative estimate of drug-likeness (QED) is 0.847. The van der Waals surface area contributed by atoms with Crippen LogP contribution in [0.1, 0.15) is 27.5 Å². The summed E-state index contributed by atoms with van der Waals surface area (Å²) in [6, 6.07) is 0. The molecule has 4 nitrogen and oxygen atoms in total. The number of carbonyl (C=O) groups excluding carboxylic acids is 1. The second-order valence-corrected chi connectivity index (χ2v) is 5.40. The first-order valence-electron chi connectivity index (χ1n) is 5.53. The Morgan fingerprint density at radius 2 is 2.31 bits per heavy atom. The number of thiazole rings is 1. The van der Waals surface area contributed by atoms with E-state index in [1.54, 1.807) is 6.20 Å². The molecule has 0 aliphatic carbocycles. The number of hydrogen-bond acceptors (Lipinski definition) is 4. The van der Waals surface area contributed by atoms with Gasteiger partial charge in [0.15, 0.2) is 0 Å². The van der Waals surface area contributed by atoms with E-state index in [9.17, 15) is 4.79 Å². The molecule has 1 aliphatic rings. The van der Waals surface area contributed by atoms with Crippen molar-refractivity contribution < 1.29 is 9.90 Å². The van der Waals surface area contributed by atoms with E-state index in [4.69, 9.17) is 5.11 Å². The van der Waals surface area contributed by atoms with E-state index in [2.05, 4.69) is 4.98 Å². The second kappa shape index (κ2) is 4.93. The highest BCUT2D eigenvalue weighted by molar-refractivity contribution is 7.13. The molecule has 1 saturated heterocycles. The Hall–Kier alpha value is -0.940. The lowest BCUT2D eigenvalue weighted by Crippen LogP contribution is -2.38. The first-order chi connectivity index (χ1) is 7.70. The molecule has 5 heteroatoms. The van der Waals surface area contributed by atoms with E-state index in [1.165, 1.54) is 11.3 Å². The number of carbonyl (C=O) groups is 1. The van der Waals surface area contributed by atoms with Gasteiger partial charge >= 0.3 is 0 Å². The summed E-state index contributed by atoms with van der Waals surface area (Å²) in [6.45, 7) is 3.64. The summed E-state index contributed by atoms with van der Waals surface area (Å²) >= 11 is 1.44. The maximum Gasteiger partial charge on any atom is 0.265 e. The minimum absolute atomic E-state index is 0.0852. The van der Waals surface area contributed by atoms with Crippen LogP contribution in [0.4, 0.5) is 0 Å². The van der Waals surface area contributed by atoms with Gasteiger partial charge in [0.2, 0.25) is 0 Å². The molecule has 1 aromatic heterocycles. The van der Waals surface area contributed by atoms with Gasteiger partial charge in [-0.1, -0.05) is 0 Å². The highest BCUT2D eigenvalue weighted by Crippen LogP contribution is 2.20. The zero-order chi connectivity index (χ0) is 11.5. The molecule has 0 saturated carbocycles. The number of piperidine rings is 1. The first kappa shape index (κ1) is 11.5. The van der Waals surface area contributed by atoms with Crippen molar-refractivity contribution in [3.05, 3.63) is 16.1 Å². The Labute approximate surface area is 98.9 Å². The van der Waals surface area contributed by atoms with Crippen molar-refractivity contribution in [1.29, 1.82) is 0 Å². The van der Waals surface area contributed by atoms with Crippen molar-refractivity contribution in [3.8, 4) is 0 Å². The predicted molar refractivity (Wildman–Crippen MR) is 62.6 cm³/mol. The SMILES string of the molecule is Cc1ncc(C(=O)N2CCC(CO)CC2)s1. The molecule has 0 radical (unpaired) electrons. The Kier molecular flexibility index (Phi) is 3.56. The Morgan fingerprint density at radius 1 is 1.62 bits per heavy atom. The van der Waals surface area contributed by atoms with Crippen LogP contribution in [0, 0.1) is 12.8 Å². The van der Waals surface area contributed by atoms with Gasteiger partial charge in [-0.25, -0.2) is 4.98 Å². The van der Waals surface area contributed by atoms with Gasteiger partial charge in [-0.15, -0.1) is 11.3 Å². The number of likely N-dealkylation sites (tertiary alicyclic amines) is 1. The van der Waals surface area contributed by atoms with Crippen molar-refractivity contribution in [2.24, 2.45) is 5.92 Å². The third-order valence-corrected chi connectivity index (χ3v) is 3.89. The van der Waals surface area contributed by atoms with Crippen molar-refractivity contribution in [2.75, 3.05) is 19.7 Å². The number of nitrogens with zero attached hydrogens (tertiary/aromatic N) is 2. The van der Waals surface area contributed by atoms with Crippen molar-refractivity contribution in [3.63, 3.8) is 0 Å². The van der Waals surface area contributed by atoms with E-state index in [0.717, 1.165) is 35.8 Å². The van der Waals surface area contributed by atoms with Crippen LogP contribution < -0.4 is 0 Å². The number of aliphatic hydroxyl groups excluding tert-OH is 1. The summed E-state index contributed by atoms with van der Waals surface area (Å²) in [7, 11) is 0. The molecule has 1 fully saturated rings. The fraction of sp³-hybridized carbons (Fsp3) is 0.636.